The van der Waals surface area contributed by atoms with Crippen LogP contribution in [0.3, 0.4) is 0 Å². The van der Waals surface area contributed by atoms with Crippen LogP contribution in [0.25, 0.3) is 10.9 Å². The number of aromatic nitrogens is 4. The molecule has 122 valence electrons. The Morgan fingerprint density at radius 2 is 2.04 bits per heavy atom. The third-order valence-electron chi connectivity index (χ3n) is 3.39. The monoisotopic (exact) mass is 332 g/mol. The number of nitrogens with zero attached hydrogens (tertiary/aromatic N) is 5. The zero-order chi connectivity index (χ0) is 17.2. The van der Waals surface area contributed by atoms with E-state index in [1.54, 1.807) is 12.1 Å². The Morgan fingerprint density at radius 1 is 1.25 bits per heavy atom. The van der Waals surface area contributed by atoms with Gasteiger partial charge < -0.3 is 5.32 Å². The van der Waals surface area contributed by atoms with Crippen LogP contribution in [0.15, 0.2) is 36.9 Å². The second-order valence-corrected chi connectivity index (χ2v) is 4.92. The van der Waals surface area contributed by atoms with Gasteiger partial charge in [-0.25, -0.2) is 9.97 Å². The molecule has 0 aliphatic carbocycles. The van der Waals surface area contributed by atoms with E-state index in [1.165, 1.54) is 35.5 Å². The van der Waals surface area contributed by atoms with Gasteiger partial charge in [-0.05, 0) is 6.07 Å². The van der Waals surface area contributed by atoms with E-state index in [4.69, 9.17) is 0 Å². The fourth-order valence-corrected chi connectivity index (χ4v) is 2.38. The molecule has 0 spiro atoms. The van der Waals surface area contributed by atoms with Crippen LogP contribution in [-0.2, 0) is 12.7 Å². The van der Waals surface area contributed by atoms with E-state index >= 15 is 0 Å². The summed E-state index contributed by atoms with van der Waals surface area (Å²) < 4.78 is 41.9. The highest BCUT2D eigenvalue weighted by Crippen LogP contribution is 2.39. The predicted octanol–water partition coefficient (Wildman–Crippen LogP) is 2.83. The second kappa shape index (κ2) is 6.16. The average molecular weight is 332 g/mol. The number of fused-ring (bicyclic) bond motifs is 1. The van der Waals surface area contributed by atoms with Gasteiger partial charge in [0.1, 0.15) is 30.1 Å². The lowest BCUT2D eigenvalue weighted by Gasteiger charge is -2.16. The summed E-state index contributed by atoms with van der Waals surface area (Å²) in [6, 6.07) is 7.50. The van der Waals surface area contributed by atoms with Crippen molar-refractivity contribution in [3.8, 4) is 6.07 Å². The van der Waals surface area contributed by atoms with Crippen LogP contribution in [0.1, 0.15) is 11.1 Å². The van der Waals surface area contributed by atoms with Crippen molar-refractivity contribution in [2.45, 2.75) is 12.7 Å². The molecule has 2 aromatic heterocycles. The van der Waals surface area contributed by atoms with Crippen LogP contribution in [-0.4, -0.2) is 26.3 Å². The molecule has 1 N–H and O–H groups in total. The second-order valence-electron chi connectivity index (χ2n) is 4.92. The highest BCUT2D eigenvalue weighted by Gasteiger charge is 2.37. The van der Waals surface area contributed by atoms with Gasteiger partial charge in [0.2, 0.25) is 0 Å². The first kappa shape index (κ1) is 15.7. The number of alkyl halides is 3. The van der Waals surface area contributed by atoms with E-state index < -0.39 is 17.3 Å². The van der Waals surface area contributed by atoms with Crippen LogP contribution in [0.4, 0.5) is 19.0 Å². The quantitative estimate of drug-likeness (QED) is 0.795. The predicted molar refractivity (Wildman–Crippen MR) is 80.0 cm³/mol. The highest BCUT2D eigenvalue weighted by atomic mass is 19.4. The Labute approximate surface area is 134 Å². The van der Waals surface area contributed by atoms with E-state index in [9.17, 15) is 18.4 Å². The molecule has 6 nitrogen and oxygen atoms in total. The van der Waals surface area contributed by atoms with E-state index in [0.717, 1.165) is 0 Å². The molecule has 3 aromatic rings. The number of anilines is 1. The molecule has 0 aliphatic heterocycles. The van der Waals surface area contributed by atoms with Crippen molar-refractivity contribution in [1.29, 1.82) is 5.26 Å². The topological polar surface area (TPSA) is 79.4 Å². The van der Waals surface area contributed by atoms with Crippen LogP contribution >= 0.6 is 0 Å². The number of hydrogen-bond acceptors (Lipinski definition) is 5. The number of benzene rings is 1. The highest BCUT2D eigenvalue weighted by molar-refractivity contribution is 5.87. The molecule has 9 heteroatoms. The van der Waals surface area contributed by atoms with Gasteiger partial charge in [-0.2, -0.15) is 23.5 Å². The molecule has 24 heavy (non-hydrogen) atoms. The Balaban J connectivity index is 2.02. The fraction of sp³-hybridized carbons (Fsp3) is 0.200. The van der Waals surface area contributed by atoms with Crippen molar-refractivity contribution < 1.29 is 13.2 Å². The molecule has 0 atom stereocenters. The summed E-state index contributed by atoms with van der Waals surface area (Å²) in [4.78, 5) is 7.94. The average Bonchev–Trinajstić information content (AvgIpc) is 3.06. The summed E-state index contributed by atoms with van der Waals surface area (Å²) >= 11 is 0. The Hall–Kier alpha value is -3.15. The molecular formula is C15H11F3N6. The van der Waals surface area contributed by atoms with Crippen molar-refractivity contribution >= 4 is 16.7 Å². The van der Waals surface area contributed by atoms with Gasteiger partial charge in [-0.3, -0.25) is 4.68 Å². The van der Waals surface area contributed by atoms with E-state index in [0.29, 0.717) is 6.54 Å². The zero-order valence-corrected chi connectivity index (χ0v) is 12.2. The molecular weight excluding hydrogens is 321 g/mol. The van der Waals surface area contributed by atoms with E-state index in [-0.39, 0.29) is 23.3 Å². The number of hydrogen-bond donors (Lipinski definition) is 1. The van der Waals surface area contributed by atoms with Gasteiger partial charge >= 0.3 is 6.18 Å². The third kappa shape index (κ3) is 2.99. The van der Waals surface area contributed by atoms with Crippen LogP contribution < -0.4 is 5.32 Å². The maximum absolute atomic E-state index is 13.5. The molecule has 1 aromatic carbocycles. The van der Waals surface area contributed by atoms with Crippen molar-refractivity contribution in [1.82, 2.24) is 19.7 Å². The minimum absolute atomic E-state index is 0.0939. The summed E-state index contributed by atoms with van der Waals surface area (Å²) in [7, 11) is 0. The Bertz CT molecular complexity index is 896. The van der Waals surface area contributed by atoms with Crippen molar-refractivity contribution in [2.75, 3.05) is 11.9 Å². The maximum Gasteiger partial charge on any atom is 0.418 e. The standard InChI is InChI=1S/C15H11F3N6/c16-15(17,18)13-10-3-1-2-4-12(10)23-14(11(13)7-19)21-5-6-24-9-20-8-22-24/h1-4,8-9H,5-6H2,(H,21,23). The molecule has 0 saturated carbocycles. The number of nitrogens with one attached hydrogen (secondary N) is 1. The lowest BCUT2D eigenvalue weighted by molar-refractivity contribution is -0.136. The first-order valence-electron chi connectivity index (χ1n) is 6.97. The first-order valence-corrected chi connectivity index (χ1v) is 6.97. The fourth-order valence-electron chi connectivity index (χ4n) is 2.38. The smallest absolute Gasteiger partial charge is 0.367 e. The number of para-hydroxylation sites is 1. The van der Waals surface area contributed by atoms with E-state index in [2.05, 4.69) is 20.4 Å². The molecule has 0 amide bonds. The number of nitriles is 1. The summed E-state index contributed by atoms with van der Waals surface area (Å²) in [5, 5.41) is 15.8. The summed E-state index contributed by atoms with van der Waals surface area (Å²) in [6.45, 7) is 0.626. The van der Waals surface area contributed by atoms with Crippen molar-refractivity contribution in [3.63, 3.8) is 0 Å². The SMILES string of the molecule is N#Cc1c(NCCn2cncn2)nc2ccccc2c1C(F)(F)F. The molecule has 0 bridgehead atoms. The van der Waals surface area contributed by atoms with Gasteiger partial charge in [0.05, 0.1) is 17.6 Å². The molecule has 0 fully saturated rings. The Kier molecular flexibility index (Phi) is 4.04. The molecule has 0 aliphatic rings. The van der Waals surface area contributed by atoms with Crippen LogP contribution in [0.2, 0.25) is 0 Å². The molecule has 3 rings (SSSR count). The lowest BCUT2D eigenvalue weighted by atomic mass is 10.0. The lowest BCUT2D eigenvalue weighted by Crippen LogP contribution is -2.16. The van der Waals surface area contributed by atoms with E-state index in [1.807, 2.05) is 0 Å². The largest absolute Gasteiger partial charge is 0.418 e. The number of halogens is 3. The van der Waals surface area contributed by atoms with Gasteiger partial charge in [-0.15, -0.1) is 0 Å². The van der Waals surface area contributed by atoms with Crippen molar-refractivity contribution in [3.05, 3.63) is 48.0 Å². The number of rotatable bonds is 4. The van der Waals surface area contributed by atoms with Crippen LogP contribution in [0.5, 0.6) is 0 Å². The molecule has 0 saturated heterocycles. The minimum Gasteiger partial charge on any atom is -0.367 e. The summed E-state index contributed by atoms with van der Waals surface area (Å²) in [6.07, 6.45) is -1.81. The maximum atomic E-state index is 13.5. The Morgan fingerprint density at radius 3 is 2.71 bits per heavy atom. The summed E-state index contributed by atoms with van der Waals surface area (Å²) in [5.41, 5.74) is -1.31. The van der Waals surface area contributed by atoms with Crippen LogP contribution in [0, 0.1) is 11.3 Å². The zero-order valence-electron chi connectivity index (χ0n) is 12.2. The van der Waals surface area contributed by atoms with Gasteiger partial charge in [0.15, 0.2) is 0 Å². The number of pyridine rings is 1. The van der Waals surface area contributed by atoms with Gasteiger partial charge in [-0.1, -0.05) is 18.2 Å². The molecule has 2 heterocycles. The third-order valence-corrected chi connectivity index (χ3v) is 3.39. The van der Waals surface area contributed by atoms with Crippen molar-refractivity contribution in [2.24, 2.45) is 0 Å². The minimum atomic E-state index is -4.66. The van der Waals surface area contributed by atoms with Gasteiger partial charge in [0.25, 0.3) is 0 Å². The van der Waals surface area contributed by atoms with Gasteiger partial charge in [0, 0.05) is 11.9 Å². The molecule has 0 radical (unpaired) electrons. The first-order chi connectivity index (χ1) is 11.5. The summed E-state index contributed by atoms with van der Waals surface area (Å²) in [5.74, 6) is -0.0939. The normalized spacial score (nSPS) is 11.4. The molecule has 0 unspecified atom stereocenters.